The van der Waals surface area contributed by atoms with E-state index in [4.69, 9.17) is 0 Å². The lowest BCUT2D eigenvalue weighted by Crippen LogP contribution is -2.26. The second kappa shape index (κ2) is 7.40. The minimum absolute atomic E-state index is 0.0476. The van der Waals surface area contributed by atoms with Crippen molar-refractivity contribution in [3.63, 3.8) is 0 Å². The fourth-order valence-electron chi connectivity index (χ4n) is 2.57. The van der Waals surface area contributed by atoms with Crippen LogP contribution >= 0.6 is 11.3 Å². The van der Waals surface area contributed by atoms with E-state index in [-0.39, 0.29) is 11.5 Å². The Labute approximate surface area is 143 Å². The molecule has 2 aromatic heterocycles. The van der Waals surface area contributed by atoms with Gasteiger partial charge in [0.1, 0.15) is 0 Å². The number of amides is 1. The first kappa shape index (κ1) is 16.4. The Hall–Kier alpha value is -2.47. The average molecular weight is 341 g/mol. The Balaban J connectivity index is 1.56. The number of nitrogens with zero attached hydrogens (tertiary/aromatic N) is 1. The zero-order valence-electron chi connectivity index (χ0n) is 13.5. The van der Waals surface area contributed by atoms with Gasteiger partial charge in [-0.3, -0.25) is 9.59 Å². The molecule has 1 amide bonds. The number of hydrogen-bond acceptors (Lipinski definition) is 4. The summed E-state index contributed by atoms with van der Waals surface area (Å²) in [5.41, 5.74) is 5.22. The van der Waals surface area contributed by atoms with Crippen molar-refractivity contribution in [1.82, 2.24) is 15.3 Å². The first-order valence-electron chi connectivity index (χ1n) is 7.88. The molecule has 0 unspecified atom stereocenters. The summed E-state index contributed by atoms with van der Waals surface area (Å²) >= 11 is 1.55. The van der Waals surface area contributed by atoms with Crippen molar-refractivity contribution in [2.24, 2.45) is 0 Å². The molecule has 2 N–H and O–H groups in total. The predicted molar refractivity (Wildman–Crippen MR) is 96.5 cm³/mol. The number of aromatic nitrogens is 2. The van der Waals surface area contributed by atoms with Crippen molar-refractivity contribution in [2.75, 3.05) is 6.54 Å². The molecule has 0 bridgehead atoms. The van der Waals surface area contributed by atoms with Crippen molar-refractivity contribution in [2.45, 2.75) is 26.2 Å². The molecule has 2 heterocycles. The van der Waals surface area contributed by atoms with Crippen LogP contribution in [0.25, 0.3) is 10.9 Å². The molecule has 1 aromatic carbocycles. The molecular formula is C18H19N3O2S. The summed E-state index contributed by atoms with van der Waals surface area (Å²) in [6, 6.07) is 7.81. The number of fused-ring (bicyclic) bond motifs is 1. The zero-order valence-corrected chi connectivity index (χ0v) is 14.3. The number of carbonyl (C=O) groups excluding carboxylic acids is 1. The highest BCUT2D eigenvalue weighted by atomic mass is 32.1. The summed E-state index contributed by atoms with van der Waals surface area (Å²) in [6.45, 7) is 2.55. The van der Waals surface area contributed by atoms with Crippen molar-refractivity contribution in [1.29, 1.82) is 0 Å². The van der Waals surface area contributed by atoms with Crippen LogP contribution in [0.4, 0.5) is 0 Å². The lowest BCUT2D eigenvalue weighted by molar-refractivity contribution is -0.121. The second-order valence-corrected chi connectivity index (χ2v) is 6.51. The normalized spacial score (nSPS) is 10.9. The van der Waals surface area contributed by atoms with E-state index in [0.717, 1.165) is 28.6 Å². The summed E-state index contributed by atoms with van der Waals surface area (Å²) in [5, 5.41) is 5.83. The number of pyridine rings is 1. The van der Waals surface area contributed by atoms with Gasteiger partial charge < -0.3 is 10.3 Å². The van der Waals surface area contributed by atoms with Crippen LogP contribution in [-0.2, 0) is 17.6 Å². The van der Waals surface area contributed by atoms with Crippen molar-refractivity contribution >= 4 is 28.1 Å². The third-order valence-electron chi connectivity index (χ3n) is 3.89. The van der Waals surface area contributed by atoms with Gasteiger partial charge in [0.25, 0.3) is 5.56 Å². The highest BCUT2D eigenvalue weighted by Gasteiger charge is 2.07. The van der Waals surface area contributed by atoms with E-state index in [9.17, 15) is 9.59 Å². The Bertz CT molecular complexity index is 900. The van der Waals surface area contributed by atoms with Crippen LogP contribution in [0.5, 0.6) is 0 Å². The summed E-state index contributed by atoms with van der Waals surface area (Å²) in [5.74, 6) is -0.0476. The van der Waals surface area contributed by atoms with Gasteiger partial charge in [-0.2, -0.15) is 0 Å². The average Bonchev–Trinajstić information content (AvgIpc) is 3.06. The van der Waals surface area contributed by atoms with Crippen molar-refractivity contribution < 1.29 is 4.79 Å². The largest absolute Gasteiger partial charge is 0.356 e. The zero-order chi connectivity index (χ0) is 16.9. The molecule has 24 heavy (non-hydrogen) atoms. The fraction of sp³-hybridized carbons (Fsp3) is 0.278. The maximum Gasteiger partial charge on any atom is 0.251 e. The van der Waals surface area contributed by atoms with E-state index < -0.39 is 0 Å². The lowest BCUT2D eigenvalue weighted by atomic mass is 10.1. The molecule has 3 aromatic rings. The van der Waals surface area contributed by atoms with Gasteiger partial charge in [0.15, 0.2) is 0 Å². The molecule has 0 fully saturated rings. The Morgan fingerprint density at radius 2 is 2.17 bits per heavy atom. The topological polar surface area (TPSA) is 74.8 Å². The number of benzene rings is 1. The van der Waals surface area contributed by atoms with Gasteiger partial charge in [0, 0.05) is 35.8 Å². The van der Waals surface area contributed by atoms with Gasteiger partial charge >= 0.3 is 0 Å². The molecule has 0 saturated heterocycles. The Kier molecular flexibility index (Phi) is 5.05. The van der Waals surface area contributed by atoms with Gasteiger partial charge in [0.05, 0.1) is 11.2 Å². The fourth-order valence-corrected chi connectivity index (χ4v) is 3.17. The van der Waals surface area contributed by atoms with Gasteiger partial charge in [-0.05, 0) is 36.4 Å². The van der Waals surface area contributed by atoms with E-state index in [0.29, 0.717) is 24.9 Å². The van der Waals surface area contributed by atoms with Gasteiger partial charge in [-0.15, -0.1) is 11.3 Å². The van der Waals surface area contributed by atoms with Crippen LogP contribution in [-0.4, -0.2) is 22.4 Å². The molecule has 0 spiro atoms. The van der Waals surface area contributed by atoms with Gasteiger partial charge in [-0.1, -0.05) is 12.1 Å². The highest BCUT2D eigenvalue weighted by Crippen LogP contribution is 2.13. The predicted octanol–water partition coefficient (Wildman–Crippen LogP) is 2.58. The molecule has 0 aliphatic rings. The number of aromatic amines is 1. The van der Waals surface area contributed by atoms with Gasteiger partial charge in [0.2, 0.25) is 5.91 Å². The van der Waals surface area contributed by atoms with E-state index in [1.54, 1.807) is 16.8 Å². The van der Waals surface area contributed by atoms with Crippen LogP contribution in [0.15, 0.2) is 40.0 Å². The maximum atomic E-state index is 12.1. The monoisotopic (exact) mass is 341 g/mol. The molecular weight excluding hydrogens is 322 g/mol. The first-order chi connectivity index (χ1) is 11.6. The van der Waals surface area contributed by atoms with E-state index in [2.05, 4.69) is 15.3 Å². The molecule has 6 heteroatoms. The Morgan fingerprint density at radius 3 is 2.96 bits per heavy atom. The molecule has 0 aliphatic carbocycles. The maximum absolute atomic E-state index is 12.1. The van der Waals surface area contributed by atoms with Crippen LogP contribution in [0, 0.1) is 6.92 Å². The summed E-state index contributed by atoms with van der Waals surface area (Å²) in [4.78, 5) is 31.1. The van der Waals surface area contributed by atoms with E-state index in [1.807, 2.05) is 36.6 Å². The standard InChI is InChI=1S/C18H19N3O2S/c1-12-2-3-13-9-14(18(23)21-16(13)8-12)4-5-17(22)19-7-6-15-10-24-11-20-15/h2-3,8-11H,4-7H2,1H3,(H,19,22)(H,21,23). The molecule has 3 rings (SSSR count). The van der Waals surface area contributed by atoms with Crippen LogP contribution < -0.4 is 10.9 Å². The lowest BCUT2D eigenvalue weighted by Gasteiger charge is -2.06. The third-order valence-corrected chi connectivity index (χ3v) is 4.52. The molecule has 0 atom stereocenters. The van der Waals surface area contributed by atoms with Gasteiger partial charge in [-0.25, -0.2) is 4.98 Å². The first-order valence-corrected chi connectivity index (χ1v) is 8.82. The van der Waals surface area contributed by atoms with Crippen molar-refractivity contribution in [3.8, 4) is 0 Å². The summed E-state index contributed by atoms with van der Waals surface area (Å²) in [7, 11) is 0. The molecule has 0 aliphatic heterocycles. The molecule has 0 radical (unpaired) electrons. The number of nitrogens with one attached hydrogen (secondary N) is 2. The summed E-state index contributed by atoms with van der Waals surface area (Å²) in [6.07, 6.45) is 1.46. The van der Waals surface area contributed by atoms with E-state index in [1.165, 1.54) is 0 Å². The number of rotatable bonds is 6. The smallest absolute Gasteiger partial charge is 0.251 e. The van der Waals surface area contributed by atoms with Crippen LogP contribution in [0.3, 0.4) is 0 Å². The third kappa shape index (κ3) is 4.08. The molecule has 5 nitrogen and oxygen atoms in total. The highest BCUT2D eigenvalue weighted by molar-refractivity contribution is 7.07. The van der Waals surface area contributed by atoms with Crippen molar-refractivity contribution in [3.05, 3.63) is 62.3 Å². The molecule has 124 valence electrons. The number of aryl methyl sites for hydroxylation is 2. The molecule has 0 saturated carbocycles. The number of hydrogen-bond donors (Lipinski definition) is 2. The number of carbonyl (C=O) groups is 1. The number of H-pyrrole nitrogens is 1. The second-order valence-electron chi connectivity index (χ2n) is 5.79. The minimum atomic E-state index is -0.122. The SMILES string of the molecule is Cc1ccc2cc(CCC(=O)NCCc3cscn3)c(=O)[nH]c2c1. The Morgan fingerprint density at radius 1 is 1.29 bits per heavy atom. The minimum Gasteiger partial charge on any atom is -0.356 e. The van der Waals surface area contributed by atoms with E-state index >= 15 is 0 Å². The number of thiazole rings is 1. The summed E-state index contributed by atoms with van der Waals surface area (Å²) < 4.78 is 0. The van der Waals surface area contributed by atoms with Crippen LogP contribution in [0.2, 0.25) is 0 Å². The van der Waals surface area contributed by atoms with Crippen LogP contribution in [0.1, 0.15) is 23.2 Å². The quantitative estimate of drug-likeness (QED) is 0.724.